The van der Waals surface area contributed by atoms with Crippen molar-refractivity contribution < 1.29 is 14.3 Å². The summed E-state index contributed by atoms with van der Waals surface area (Å²) in [4.78, 5) is 20.9. The topological polar surface area (TPSA) is 97.4 Å². The quantitative estimate of drug-likeness (QED) is 0.491. The molecular weight excluding hydrogens is 438 g/mol. The summed E-state index contributed by atoms with van der Waals surface area (Å²) in [6.07, 6.45) is 1.62. The van der Waals surface area contributed by atoms with Gasteiger partial charge in [0.2, 0.25) is 5.95 Å². The van der Waals surface area contributed by atoms with Crippen LogP contribution < -0.4 is 25.4 Å². The number of methoxy groups -OCH3 is 2. The number of anilines is 4. The SMILES string of the molecule is CNC(=O)c1ccccc1Nc1nc(Nc2cc(OC)cc(OC)c2)ncc1Br. The third-order valence-corrected chi connectivity index (χ3v) is 4.58. The summed E-state index contributed by atoms with van der Waals surface area (Å²) in [5.41, 5.74) is 1.84. The lowest BCUT2D eigenvalue weighted by Crippen LogP contribution is -2.19. The maximum atomic E-state index is 12.1. The Bertz CT molecular complexity index is 1010. The number of benzene rings is 2. The van der Waals surface area contributed by atoms with Gasteiger partial charge in [-0.25, -0.2) is 4.98 Å². The molecule has 1 amide bonds. The highest BCUT2D eigenvalue weighted by Crippen LogP contribution is 2.30. The van der Waals surface area contributed by atoms with E-state index >= 15 is 0 Å². The Balaban J connectivity index is 1.89. The molecule has 29 heavy (non-hydrogen) atoms. The van der Waals surface area contributed by atoms with Crippen LogP contribution in [0.1, 0.15) is 10.4 Å². The van der Waals surface area contributed by atoms with Crippen molar-refractivity contribution in [3.8, 4) is 11.5 Å². The Morgan fingerprint density at radius 1 is 1.03 bits per heavy atom. The number of hydrogen-bond donors (Lipinski definition) is 3. The van der Waals surface area contributed by atoms with E-state index in [1.807, 2.05) is 18.2 Å². The molecule has 0 spiro atoms. The summed E-state index contributed by atoms with van der Waals surface area (Å²) >= 11 is 3.44. The Hall–Kier alpha value is -3.33. The van der Waals surface area contributed by atoms with Gasteiger partial charge in [0, 0.05) is 37.1 Å². The molecule has 0 saturated heterocycles. The lowest BCUT2D eigenvalue weighted by Gasteiger charge is -2.13. The molecule has 0 bridgehead atoms. The van der Waals surface area contributed by atoms with Crippen LogP contribution in [0.25, 0.3) is 0 Å². The second kappa shape index (κ2) is 9.24. The number of amides is 1. The van der Waals surface area contributed by atoms with Crippen molar-refractivity contribution in [1.29, 1.82) is 0 Å². The smallest absolute Gasteiger partial charge is 0.253 e. The number of nitrogens with one attached hydrogen (secondary N) is 3. The lowest BCUT2D eigenvalue weighted by molar-refractivity contribution is 0.0964. The first-order valence-electron chi connectivity index (χ1n) is 8.64. The van der Waals surface area contributed by atoms with Crippen molar-refractivity contribution in [1.82, 2.24) is 15.3 Å². The van der Waals surface area contributed by atoms with Crippen molar-refractivity contribution in [3.63, 3.8) is 0 Å². The van der Waals surface area contributed by atoms with Crippen LogP contribution in [0.3, 0.4) is 0 Å². The molecule has 9 heteroatoms. The van der Waals surface area contributed by atoms with Gasteiger partial charge < -0.3 is 25.4 Å². The molecule has 0 unspecified atom stereocenters. The average molecular weight is 458 g/mol. The van der Waals surface area contributed by atoms with Gasteiger partial charge in [0.05, 0.1) is 29.9 Å². The van der Waals surface area contributed by atoms with E-state index in [2.05, 4.69) is 41.8 Å². The van der Waals surface area contributed by atoms with E-state index < -0.39 is 0 Å². The van der Waals surface area contributed by atoms with E-state index in [-0.39, 0.29) is 5.91 Å². The normalized spacial score (nSPS) is 10.2. The van der Waals surface area contributed by atoms with E-state index in [4.69, 9.17) is 9.47 Å². The molecule has 0 radical (unpaired) electrons. The van der Waals surface area contributed by atoms with Crippen molar-refractivity contribution in [2.24, 2.45) is 0 Å². The van der Waals surface area contributed by atoms with Crippen LogP contribution in [0.15, 0.2) is 53.1 Å². The van der Waals surface area contributed by atoms with Gasteiger partial charge in [-0.3, -0.25) is 4.79 Å². The molecule has 0 saturated carbocycles. The summed E-state index contributed by atoms with van der Waals surface area (Å²) in [7, 11) is 4.76. The van der Waals surface area contributed by atoms with Crippen molar-refractivity contribution in [2.75, 3.05) is 31.9 Å². The molecule has 0 aliphatic heterocycles. The second-order valence-electron chi connectivity index (χ2n) is 5.87. The highest BCUT2D eigenvalue weighted by molar-refractivity contribution is 9.10. The number of nitrogens with zero attached hydrogens (tertiary/aromatic N) is 2. The zero-order valence-corrected chi connectivity index (χ0v) is 17.7. The van der Waals surface area contributed by atoms with E-state index in [0.29, 0.717) is 44.7 Å². The first-order chi connectivity index (χ1) is 14.0. The van der Waals surface area contributed by atoms with E-state index in [9.17, 15) is 4.79 Å². The van der Waals surface area contributed by atoms with E-state index in [0.717, 1.165) is 0 Å². The second-order valence-corrected chi connectivity index (χ2v) is 6.72. The van der Waals surface area contributed by atoms with Crippen LogP contribution in [-0.4, -0.2) is 37.1 Å². The molecular formula is C20H20BrN5O3. The van der Waals surface area contributed by atoms with Crippen LogP contribution in [0.2, 0.25) is 0 Å². The highest BCUT2D eigenvalue weighted by atomic mass is 79.9. The zero-order valence-electron chi connectivity index (χ0n) is 16.1. The Morgan fingerprint density at radius 3 is 2.38 bits per heavy atom. The Morgan fingerprint density at radius 2 is 1.72 bits per heavy atom. The fraction of sp³-hybridized carbons (Fsp3) is 0.150. The maximum absolute atomic E-state index is 12.1. The number of carbonyl (C=O) groups is 1. The molecule has 3 aromatic rings. The van der Waals surface area contributed by atoms with Crippen LogP contribution >= 0.6 is 15.9 Å². The predicted molar refractivity (Wildman–Crippen MR) is 116 cm³/mol. The van der Waals surface area contributed by atoms with Crippen molar-refractivity contribution >= 4 is 45.0 Å². The number of ether oxygens (including phenoxy) is 2. The molecule has 0 atom stereocenters. The molecule has 1 aromatic heterocycles. The fourth-order valence-corrected chi connectivity index (χ4v) is 2.87. The summed E-state index contributed by atoms with van der Waals surface area (Å²) in [6, 6.07) is 12.6. The largest absolute Gasteiger partial charge is 0.497 e. The summed E-state index contributed by atoms with van der Waals surface area (Å²) in [5, 5.41) is 8.94. The minimum absolute atomic E-state index is 0.194. The predicted octanol–water partition coefficient (Wildman–Crippen LogP) is 4.10. The molecule has 8 nitrogen and oxygen atoms in total. The van der Waals surface area contributed by atoms with Gasteiger partial charge >= 0.3 is 0 Å². The lowest BCUT2D eigenvalue weighted by atomic mass is 10.1. The average Bonchev–Trinajstić information content (AvgIpc) is 2.75. The molecule has 2 aromatic carbocycles. The van der Waals surface area contributed by atoms with Gasteiger partial charge in [-0.15, -0.1) is 0 Å². The number of aromatic nitrogens is 2. The Kier molecular flexibility index (Phi) is 6.50. The first-order valence-corrected chi connectivity index (χ1v) is 9.44. The van der Waals surface area contributed by atoms with Crippen LogP contribution in [0.4, 0.5) is 23.1 Å². The number of halogens is 1. The molecule has 3 rings (SSSR count). The van der Waals surface area contributed by atoms with Crippen LogP contribution in [-0.2, 0) is 0 Å². The third-order valence-electron chi connectivity index (χ3n) is 4.00. The van der Waals surface area contributed by atoms with Crippen LogP contribution in [0.5, 0.6) is 11.5 Å². The third kappa shape index (κ3) is 4.94. The monoisotopic (exact) mass is 457 g/mol. The van der Waals surface area contributed by atoms with E-state index in [1.165, 1.54) is 0 Å². The molecule has 150 valence electrons. The van der Waals surface area contributed by atoms with E-state index in [1.54, 1.807) is 51.7 Å². The van der Waals surface area contributed by atoms with Gasteiger partial charge in [-0.2, -0.15) is 4.98 Å². The minimum Gasteiger partial charge on any atom is -0.497 e. The maximum Gasteiger partial charge on any atom is 0.253 e. The van der Waals surface area contributed by atoms with Crippen molar-refractivity contribution in [2.45, 2.75) is 0 Å². The van der Waals surface area contributed by atoms with Gasteiger partial charge in [-0.1, -0.05) is 12.1 Å². The number of rotatable bonds is 7. The van der Waals surface area contributed by atoms with Crippen molar-refractivity contribution in [3.05, 3.63) is 58.7 Å². The minimum atomic E-state index is -0.194. The summed E-state index contributed by atoms with van der Waals surface area (Å²) in [5.74, 6) is 1.96. The van der Waals surface area contributed by atoms with Gasteiger partial charge in [-0.05, 0) is 28.1 Å². The van der Waals surface area contributed by atoms with Gasteiger partial charge in [0.15, 0.2) is 0 Å². The highest BCUT2D eigenvalue weighted by Gasteiger charge is 2.13. The number of hydrogen-bond acceptors (Lipinski definition) is 7. The van der Waals surface area contributed by atoms with Gasteiger partial charge in [0.25, 0.3) is 5.91 Å². The number of para-hydroxylation sites is 1. The molecule has 1 heterocycles. The standard InChI is InChI=1S/C20H20BrN5O3/c1-22-19(27)15-6-4-5-7-17(15)25-18-16(21)11-23-20(26-18)24-12-8-13(28-2)10-14(9-12)29-3/h4-11H,1-3H3,(H,22,27)(H2,23,24,25,26). The summed E-state index contributed by atoms with van der Waals surface area (Å²) in [6.45, 7) is 0. The van der Waals surface area contributed by atoms with Crippen LogP contribution in [0, 0.1) is 0 Å². The molecule has 0 aliphatic carbocycles. The molecule has 0 fully saturated rings. The molecule has 3 N–H and O–H groups in total. The van der Waals surface area contributed by atoms with Gasteiger partial charge in [0.1, 0.15) is 17.3 Å². The number of carbonyl (C=O) groups excluding carboxylic acids is 1. The Labute approximate surface area is 176 Å². The fourth-order valence-electron chi connectivity index (χ4n) is 2.58. The zero-order chi connectivity index (χ0) is 20.8. The summed E-state index contributed by atoms with van der Waals surface area (Å²) < 4.78 is 11.2. The molecule has 0 aliphatic rings. The first kappa shape index (κ1) is 20.4.